The van der Waals surface area contributed by atoms with Crippen LogP contribution in [-0.4, -0.2) is 21.7 Å². The number of nitrogens with two attached hydrogens (primary N) is 1. The van der Waals surface area contributed by atoms with Crippen LogP contribution in [0, 0.1) is 0 Å². The van der Waals surface area contributed by atoms with Gasteiger partial charge in [0.2, 0.25) is 0 Å². The normalized spacial score (nSPS) is 18.8. The molecule has 88 valence electrons. The Morgan fingerprint density at radius 1 is 1.50 bits per heavy atom. The van der Waals surface area contributed by atoms with E-state index in [1.165, 1.54) is 32.1 Å². The second-order valence-electron chi connectivity index (χ2n) is 4.25. The number of aryl methyl sites for hydroxylation is 1. The average molecular weight is 221 g/mol. The first kappa shape index (κ1) is 11.1. The molecule has 1 aliphatic carbocycles. The number of aliphatic imine (C=N–C) groups is 1. The molecule has 1 aliphatic rings. The monoisotopic (exact) mass is 221 g/mol. The lowest BCUT2D eigenvalue weighted by molar-refractivity contribution is 0.442. The van der Waals surface area contributed by atoms with Crippen molar-refractivity contribution < 1.29 is 0 Å². The van der Waals surface area contributed by atoms with Crippen molar-refractivity contribution in [1.29, 1.82) is 0 Å². The summed E-state index contributed by atoms with van der Waals surface area (Å²) in [4.78, 5) is 4.68. The molecule has 0 radical (unpaired) electrons. The Morgan fingerprint density at radius 3 is 2.81 bits per heavy atom. The van der Waals surface area contributed by atoms with Crippen molar-refractivity contribution in [2.24, 2.45) is 17.9 Å². The fourth-order valence-electron chi connectivity index (χ4n) is 2.18. The van der Waals surface area contributed by atoms with Crippen molar-refractivity contribution in [3.05, 3.63) is 18.0 Å². The molecule has 0 spiro atoms. The van der Waals surface area contributed by atoms with Gasteiger partial charge in [0.05, 0.1) is 6.04 Å². The van der Waals surface area contributed by atoms with Crippen molar-refractivity contribution in [2.75, 3.05) is 0 Å². The van der Waals surface area contributed by atoms with E-state index in [4.69, 9.17) is 5.84 Å². The summed E-state index contributed by atoms with van der Waals surface area (Å²) in [6.07, 6.45) is 7.98. The lowest BCUT2D eigenvalue weighted by atomic mass is 9.96. The number of rotatable bonds is 2. The van der Waals surface area contributed by atoms with Gasteiger partial charge in [-0.3, -0.25) is 9.67 Å². The highest BCUT2D eigenvalue weighted by atomic mass is 15.3. The van der Waals surface area contributed by atoms with Gasteiger partial charge in [-0.05, 0) is 18.9 Å². The van der Waals surface area contributed by atoms with Crippen LogP contribution in [0.2, 0.25) is 0 Å². The summed E-state index contributed by atoms with van der Waals surface area (Å²) in [5.41, 5.74) is 3.62. The molecule has 1 heterocycles. The Balaban J connectivity index is 2.15. The predicted molar refractivity (Wildman–Crippen MR) is 63.9 cm³/mol. The molecule has 0 saturated heterocycles. The minimum atomic E-state index is 0.412. The van der Waals surface area contributed by atoms with Gasteiger partial charge in [-0.15, -0.1) is 0 Å². The van der Waals surface area contributed by atoms with E-state index in [9.17, 15) is 0 Å². The molecule has 0 unspecified atom stereocenters. The first-order chi connectivity index (χ1) is 7.81. The van der Waals surface area contributed by atoms with Crippen LogP contribution in [0.4, 0.5) is 0 Å². The van der Waals surface area contributed by atoms with Gasteiger partial charge in [0.15, 0.2) is 5.84 Å². The molecule has 1 aromatic heterocycles. The van der Waals surface area contributed by atoms with Gasteiger partial charge in [-0.2, -0.15) is 5.10 Å². The Hall–Kier alpha value is -1.36. The van der Waals surface area contributed by atoms with Crippen molar-refractivity contribution >= 4 is 5.84 Å². The van der Waals surface area contributed by atoms with Crippen molar-refractivity contribution in [2.45, 2.75) is 38.1 Å². The van der Waals surface area contributed by atoms with E-state index in [-0.39, 0.29) is 0 Å². The summed E-state index contributed by atoms with van der Waals surface area (Å²) >= 11 is 0. The highest BCUT2D eigenvalue weighted by molar-refractivity contribution is 5.96. The second-order valence-corrected chi connectivity index (χ2v) is 4.25. The largest absolute Gasteiger partial charge is 0.307 e. The van der Waals surface area contributed by atoms with E-state index in [0.29, 0.717) is 6.04 Å². The third-order valence-electron chi connectivity index (χ3n) is 3.09. The third kappa shape index (κ3) is 2.41. The maximum absolute atomic E-state index is 5.53. The minimum absolute atomic E-state index is 0.412. The van der Waals surface area contributed by atoms with Crippen LogP contribution in [0.1, 0.15) is 37.8 Å². The van der Waals surface area contributed by atoms with Crippen LogP contribution >= 0.6 is 0 Å². The lowest BCUT2D eigenvalue weighted by Crippen LogP contribution is -2.34. The van der Waals surface area contributed by atoms with Crippen LogP contribution < -0.4 is 11.3 Å². The molecule has 1 saturated carbocycles. The number of hydrogen-bond acceptors (Lipinski definition) is 3. The molecule has 0 aromatic carbocycles. The number of aromatic nitrogens is 2. The molecule has 0 amide bonds. The molecule has 1 fully saturated rings. The summed E-state index contributed by atoms with van der Waals surface area (Å²) in [5, 5.41) is 4.12. The molecule has 0 bridgehead atoms. The zero-order valence-electron chi connectivity index (χ0n) is 9.69. The van der Waals surface area contributed by atoms with Gasteiger partial charge in [-0.1, -0.05) is 19.3 Å². The van der Waals surface area contributed by atoms with Crippen LogP contribution in [0.5, 0.6) is 0 Å². The number of nitrogens with zero attached hydrogens (tertiary/aromatic N) is 3. The molecule has 5 nitrogen and oxygen atoms in total. The fraction of sp³-hybridized carbons (Fsp3) is 0.636. The van der Waals surface area contributed by atoms with Crippen LogP contribution in [0.3, 0.4) is 0 Å². The van der Waals surface area contributed by atoms with Crippen molar-refractivity contribution in [3.8, 4) is 0 Å². The summed E-state index contributed by atoms with van der Waals surface area (Å²) in [5.74, 6) is 6.27. The van der Waals surface area contributed by atoms with E-state index < -0.39 is 0 Å². The third-order valence-corrected chi connectivity index (χ3v) is 3.09. The zero-order valence-corrected chi connectivity index (χ0v) is 9.69. The SMILES string of the molecule is Cn1nccc1C(=NC1CCCCC1)NN. The summed E-state index contributed by atoms with van der Waals surface area (Å²) < 4.78 is 1.78. The van der Waals surface area contributed by atoms with E-state index in [1.54, 1.807) is 10.9 Å². The number of amidine groups is 1. The van der Waals surface area contributed by atoms with Gasteiger partial charge in [0, 0.05) is 13.2 Å². The predicted octanol–water partition coefficient (Wildman–Crippen LogP) is 0.963. The number of hydrazine groups is 1. The fourth-order valence-corrected chi connectivity index (χ4v) is 2.18. The second kappa shape index (κ2) is 5.12. The molecule has 16 heavy (non-hydrogen) atoms. The quantitative estimate of drug-likeness (QED) is 0.338. The molecule has 5 heteroatoms. The van der Waals surface area contributed by atoms with Crippen LogP contribution in [0.25, 0.3) is 0 Å². The Bertz CT molecular complexity index is 362. The van der Waals surface area contributed by atoms with Gasteiger partial charge in [0.25, 0.3) is 0 Å². The lowest BCUT2D eigenvalue weighted by Gasteiger charge is -2.19. The topological polar surface area (TPSA) is 68.2 Å². The maximum Gasteiger partial charge on any atom is 0.161 e. The standard InChI is InChI=1S/C11H19N5/c1-16-10(7-8-13-16)11(15-12)14-9-5-3-2-4-6-9/h7-9H,2-6,12H2,1H3,(H,14,15). The summed E-state index contributed by atoms with van der Waals surface area (Å²) in [6, 6.07) is 2.33. The molecular weight excluding hydrogens is 202 g/mol. The van der Waals surface area contributed by atoms with Gasteiger partial charge < -0.3 is 5.43 Å². The highest BCUT2D eigenvalue weighted by Gasteiger charge is 2.14. The number of nitrogens with one attached hydrogen (secondary N) is 1. The molecule has 3 N–H and O–H groups in total. The molecule has 0 aliphatic heterocycles. The van der Waals surface area contributed by atoms with E-state index in [2.05, 4.69) is 15.5 Å². The Labute approximate surface area is 95.7 Å². The van der Waals surface area contributed by atoms with Crippen LogP contribution in [-0.2, 0) is 7.05 Å². The van der Waals surface area contributed by atoms with Crippen LogP contribution in [0.15, 0.2) is 17.3 Å². The first-order valence-electron chi connectivity index (χ1n) is 5.84. The van der Waals surface area contributed by atoms with Crippen molar-refractivity contribution in [1.82, 2.24) is 15.2 Å². The Kier molecular flexibility index (Phi) is 3.56. The van der Waals surface area contributed by atoms with Crippen molar-refractivity contribution in [3.63, 3.8) is 0 Å². The molecule has 0 atom stereocenters. The molecule has 1 aromatic rings. The van der Waals surface area contributed by atoms with Gasteiger partial charge in [0.1, 0.15) is 5.69 Å². The minimum Gasteiger partial charge on any atom is -0.307 e. The van der Waals surface area contributed by atoms with E-state index in [1.807, 2.05) is 13.1 Å². The molecular formula is C11H19N5. The van der Waals surface area contributed by atoms with E-state index in [0.717, 1.165) is 11.5 Å². The Morgan fingerprint density at radius 2 is 2.25 bits per heavy atom. The first-order valence-corrected chi connectivity index (χ1v) is 5.84. The summed E-state index contributed by atoms with van der Waals surface area (Å²) in [6.45, 7) is 0. The van der Waals surface area contributed by atoms with Gasteiger partial charge in [-0.25, -0.2) is 5.84 Å². The van der Waals surface area contributed by atoms with E-state index >= 15 is 0 Å². The average Bonchev–Trinajstić information content (AvgIpc) is 2.74. The smallest absolute Gasteiger partial charge is 0.161 e. The highest BCUT2D eigenvalue weighted by Crippen LogP contribution is 2.20. The summed E-state index contributed by atoms with van der Waals surface area (Å²) in [7, 11) is 1.89. The maximum atomic E-state index is 5.53. The zero-order chi connectivity index (χ0) is 11.4. The molecule has 2 rings (SSSR count). The van der Waals surface area contributed by atoms with Gasteiger partial charge >= 0.3 is 0 Å². The number of hydrogen-bond donors (Lipinski definition) is 2.